The first-order chi connectivity index (χ1) is 7.74. The third kappa shape index (κ3) is 1.84. The highest BCUT2D eigenvalue weighted by Gasteiger charge is 2.38. The molecule has 2 amide bonds. The number of aliphatic hydroxyl groups is 1. The van der Waals surface area contributed by atoms with Crippen LogP contribution in [0, 0.1) is 0 Å². The predicted molar refractivity (Wildman–Crippen MR) is 57.6 cm³/mol. The van der Waals surface area contributed by atoms with Crippen molar-refractivity contribution in [3.8, 4) is 0 Å². The van der Waals surface area contributed by atoms with Crippen molar-refractivity contribution < 1.29 is 14.7 Å². The Morgan fingerprint density at radius 2 is 1.94 bits per heavy atom. The van der Waals surface area contributed by atoms with E-state index < -0.39 is 0 Å². The lowest BCUT2D eigenvalue weighted by molar-refractivity contribution is -0.139. The molecule has 0 aliphatic carbocycles. The van der Waals surface area contributed by atoms with Crippen molar-refractivity contribution >= 4 is 11.8 Å². The molecule has 0 saturated carbocycles. The Kier molecular flexibility index (Phi) is 3.01. The van der Waals surface area contributed by atoms with Crippen molar-refractivity contribution in [2.24, 2.45) is 0 Å². The van der Waals surface area contributed by atoms with Crippen LogP contribution in [0.1, 0.15) is 17.9 Å². The van der Waals surface area contributed by atoms with Gasteiger partial charge in [0.2, 0.25) is 11.8 Å². The number of nitrogens with zero attached hydrogens (tertiary/aromatic N) is 1. The number of imide groups is 1. The average molecular weight is 219 g/mol. The van der Waals surface area contributed by atoms with Gasteiger partial charge in [-0.2, -0.15) is 0 Å². The van der Waals surface area contributed by atoms with Crippen LogP contribution in [0.15, 0.2) is 30.3 Å². The Morgan fingerprint density at radius 3 is 2.56 bits per heavy atom. The van der Waals surface area contributed by atoms with Crippen LogP contribution < -0.4 is 0 Å². The van der Waals surface area contributed by atoms with Gasteiger partial charge in [0.05, 0.1) is 19.1 Å². The Labute approximate surface area is 93.5 Å². The van der Waals surface area contributed by atoms with Gasteiger partial charge in [-0.1, -0.05) is 30.3 Å². The zero-order valence-corrected chi connectivity index (χ0v) is 8.80. The van der Waals surface area contributed by atoms with E-state index in [0.717, 1.165) is 10.5 Å². The fraction of sp³-hybridized carbons (Fsp3) is 0.333. The first-order valence-corrected chi connectivity index (χ1v) is 5.24. The molecule has 1 aliphatic heterocycles. The van der Waals surface area contributed by atoms with Gasteiger partial charge in [0.1, 0.15) is 0 Å². The SMILES string of the molecule is O=C1C[C@@H](c2ccccc2)C(=O)N1CCO. The van der Waals surface area contributed by atoms with Crippen molar-refractivity contribution in [2.45, 2.75) is 12.3 Å². The molecule has 0 aromatic heterocycles. The van der Waals surface area contributed by atoms with Gasteiger partial charge in [-0.25, -0.2) is 0 Å². The topological polar surface area (TPSA) is 57.6 Å². The molecule has 4 heteroatoms. The molecule has 0 spiro atoms. The molecule has 84 valence electrons. The Morgan fingerprint density at radius 1 is 1.25 bits per heavy atom. The van der Waals surface area contributed by atoms with Crippen LogP contribution in [-0.2, 0) is 9.59 Å². The summed E-state index contributed by atoms with van der Waals surface area (Å²) in [6, 6.07) is 9.26. The van der Waals surface area contributed by atoms with Gasteiger partial charge in [0.15, 0.2) is 0 Å². The molecule has 1 N–H and O–H groups in total. The Balaban J connectivity index is 2.21. The van der Waals surface area contributed by atoms with E-state index in [4.69, 9.17) is 5.11 Å². The number of hydrogen-bond acceptors (Lipinski definition) is 3. The van der Waals surface area contributed by atoms with Gasteiger partial charge in [0.25, 0.3) is 0 Å². The number of hydrogen-bond donors (Lipinski definition) is 1. The van der Waals surface area contributed by atoms with Crippen molar-refractivity contribution in [3.05, 3.63) is 35.9 Å². The zero-order chi connectivity index (χ0) is 11.5. The molecule has 1 aliphatic rings. The van der Waals surface area contributed by atoms with Gasteiger partial charge in [-0.15, -0.1) is 0 Å². The number of carbonyl (C=O) groups excluding carboxylic acids is 2. The molecular weight excluding hydrogens is 206 g/mol. The summed E-state index contributed by atoms with van der Waals surface area (Å²) >= 11 is 0. The van der Waals surface area contributed by atoms with Gasteiger partial charge >= 0.3 is 0 Å². The second-order valence-electron chi connectivity index (χ2n) is 3.77. The first-order valence-electron chi connectivity index (χ1n) is 5.24. The van der Waals surface area contributed by atoms with Gasteiger partial charge in [0, 0.05) is 6.42 Å². The molecule has 2 rings (SSSR count). The molecule has 4 nitrogen and oxygen atoms in total. The van der Waals surface area contributed by atoms with E-state index >= 15 is 0 Å². The lowest BCUT2D eigenvalue weighted by atomic mass is 9.98. The summed E-state index contributed by atoms with van der Waals surface area (Å²) in [5, 5.41) is 8.77. The number of aliphatic hydroxyl groups excluding tert-OH is 1. The summed E-state index contributed by atoms with van der Waals surface area (Å²) in [5.74, 6) is -0.779. The molecule has 1 heterocycles. The molecule has 1 atom stereocenters. The smallest absolute Gasteiger partial charge is 0.237 e. The zero-order valence-electron chi connectivity index (χ0n) is 8.80. The third-order valence-electron chi connectivity index (χ3n) is 2.77. The molecule has 1 saturated heterocycles. The highest BCUT2D eigenvalue weighted by Crippen LogP contribution is 2.28. The van der Waals surface area contributed by atoms with E-state index in [0.29, 0.717) is 0 Å². The summed E-state index contributed by atoms with van der Waals surface area (Å²) in [6.45, 7) is -0.0833. The summed E-state index contributed by atoms with van der Waals surface area (Å²) in [6.07, 6.45) is 0.211. The third-order valence-corrected chi connectivity index (χ3v) is 2.77. The molecule has 1 aromatic rings. The molecule has 0 radical (unpaired) electrons. The first kappa shape index (κ1) is 10.8. The summed E-state index contributed by atoms with van der Waals surface area (Å²) in [4.78, 5) is 24.6. The van der Waals surface area contributed by atoms with Crippen LogP contribution in [0.3, 0.4) is 0 Å². The van der Waals surface area contributed by atoms with Crippen LogP contribution in [0.2, 0.25) is 0 Å². The second-order valence-corrected chi connectivity index (χ2v) is 3.77. The predicted octanol–water partition coefficient (Wildman–Crippen LogP) is 0.521. The largest absolute Gasteiger partial charge is 0.395 e. The van der Waals surface area contributed by atoms with E-state index in [1.807, 2.05) is 30.3 Å². The van der Waals surface area contributed by atoms with E-state index in [-0.39, 0.29) is 37.3 Å². The van der Waals surface area contributed by atoms with Gasteiger partial charge < -0.3 is 5.11 Å². The van der Waals surface area contributed by atoms with Crippen molar-refractivity contribution in [3.63, 3.8) is 0 Å². The van der Waals surface area contributed by atoms with E-state index in [1.54, 1.807) is 0 Å². The van der Waals surface area contributed by atoms with E-state index in [1.165, 1.54) is 0 Å². The molecular formula is C12H13NO3. The molecule has 0 bridgehead atoms. The normalized spacial score (nSPS) is 20.6. The fourth-order valence-electron chi connectivity index (χ4n) is 1.96. The molecule has 1 fully saturated rings. The maximum Gasteiger partial charge on any atom is 0.237 e. The second kappa shape index (κ2) is 4.45. The minimum absolute atomic E-state index is 0.0982. The molecule has 1 aromatic carbocycles. The van der Waals surface area contributed by atoms with E-state index in [2.05, 4.69) is 0 Å². The summed E-state index contributed by atoms with van der Waals surface area (Å²) in [5.41, 5.74) is 0.862. The van der Waals surface area contributed by atoms with Crippen LogP contribution in [0.4, 0.5) is 0 Å². The van der Waals surface area contributed by atoms with Crippen molar-refractivity contribution in [1.82, 2.24) is 4.90 Å². The Hall–Kier alpha value is -1.68. The van der Waals surface area contributed by atoms with Crippen molar-refractivity contribution in [1.29, 1.82) is 0 Å². The maximum absolute atomic E-state index is 11.9. The minimum atomic E-state index is -0.375. The average Bonchev–Trinajstić information content (AvgIpc) is 2.59. The number of likely N-dealkylation sites (tertiary alicyclic amines) is 1. The summed E-state index contributed by atoms with van der Waals surface area (Å²) in [7, 11) is 0. The molecule has 16 heavy (non-hydrogen) atoms. The number of amides is 2. The fourth-order valence-corrected chi connectivity index (χ4v) is 1.96. The summed E-state index contributed by atoms with van der Waals surface area (Å²) < 4.78 is 0. The van der Waals surface area contributed by atoms with Gasteiger partial charge in [-0.05, 0) is 5.56 Å². The van der Waals surface area contributed by atoms with E-state index in [9.17, 15) is 9.59 Å². The van der Waals surface area contributed by atoms with Crippen LogP contribution in [-0.4, -0.2) is 35.0 Å². The number of benzene rings is 1. The highest BCUT2D eigenvalue weighted by molar-refractivity contribution is 6.06. The monoisotopic (exact) mass is 219 g/mol. The van der Waals surface area contributed by atoms with Crippen LogP contribution >= 0.6 is 0 Å². The number of carbonyl (C=O) groups is 2. The minimum Gasteiger partial charge on any atom is -0.395 e. The maximum atomic E-state index is 11.9. The molecule has 0 unspecified atom stereocenters. The number of β-amino-alcohol motifs (C(OH)–C–C–N with tert-alkyl or cyclic N) is 1. The lowest BCUT2D eigenvalue weighted by Gasteiger charge is -2.13. The van der Waals surface area contributed by atoms with Gasteiger partial charge in [-0.3, -0.25) is 14.5 Å². The highest BCUT2D eigenvalue weighted by atomic mass is 16.3. The van der Waals surface area contributed by atoms with Crippen LogP contribution in [0.5, 0.6) is 0 Å². The number of rotatable bonds is 3. The lowest BCUT2D eigenvalue weighted by Crippen LogP contribution is -2.32. The van der Waals surface area contributed by atoms with Crippen molar-refractivity contribution in [2.75, 3.05) is 13.2 Å². The Bertz CT molecular complexity index is 402. The standard InChI is InChI=1S/C12H13NO3/c14-7-6-13-11(15)8-10(12(13)16)9-4-2-1-3-5-9/h1-5,10,14H,6-8H2/t10-/m0/s1. The quantitative estimate of drug-likeness (QED) is 0.754. The van der Waals surface area contributed by atoms with Crippen LogP contribution in [0.25, 0.3) is 0 Å².